The second-order valence-electron chi connectivity index (χ2n) is 5.41. The molecule has 21 heavy (non-hydrogen) atoms. The fourth-order valence-corrected chi connectivity index (χ4v) is 2.67. The summed E-state index contributed by atoms with van der Waals surface area (Å²) in [6.45, 7) is 1.46. The molecule has 2 heteroatoms. The van der Waals surface area contributed by atoms with Gasteiger partial charge in [0.25, 0.3) is 0 Å². The first-order valence-electron chi connectivity index (χ1n) is 7.24. The van der Waals surface area contributed by atoms with Crippen LogP contribution < -0.4 is 0 Å². The Balaban J connectivity index is 1.82. The fraction of sp³-hybridized carbons (Fsp3) is 0.211. The smallest absolute Gasteiger partial charge is 0.307 e. The van der Waals surface area contributed by atoms with Crippen LogP contribution in [0.3, 0.4) is 0 Å². The van der Waals surface area contributed by atoms with Gasteiger partial charge in [0, 0.05) is 12.8 Å². The van der Waals surface area contributed by atoms with Crippen LogP contribution in [0, 0.1) is 5.92 Å². The molecule has 2 atom stereocenters. The molecule has 3 rings (SSSR count). The Morgan fingerprint density at radius 1 is 1.05 bits per heavy atom. The molecule has 0 spiro atoms. The molecule has 0 radical (unpaired) electrons. The molecule has 0 amide bonds. The van der Waals surface area contributed by atoms with Gasteiger partial charge in [0.2, 0.25) is 0 Å². The predicted octanol–water partition coefficient (Wildman–Crippen LogP) is 4.39. The molecule has 2 aromatic carbocycles. The summed E-state index contributed by atoms with van der Waals surface area (Å²) in [7, 11) is 0. The highest BCUT2D eigenvalue weighted by atomic mass is 16.5. The maximum absolute atomic E-state index is 11.4. The first-order valence-corrected chi connectivity index (χ1v) is 7.24. The molecule has 1 aliphatic carbocycles. The number of carbonyl (C=O) groups is 1. The van der Waals surface area contributed by atoms with Crippen LogP contribution in [0.4, 0.5) is 0 Å². The van der Waals surface area contributed by atoms with E-state index in [0.29, 0.717) is 11.8 Å². The summed E-state index contributed by atoms with van der Waals surface area (Å²) in [5.74, 6) is 1.29. The topological polar surface area (TPSA) is 26.3 Å². The zero-order valence-electron chi connectivity index (χ0n) is 12.0. The van der Waals surface area contributed by atoms with Gasteiger partial charge in [-0.1, -0.05) is 60.7 Å². The van der Waals surface area contributed by atoms with Crippen LogP contribution in [0.2, 0.25) is 0 Å². The van der Waals surface area contributed by atoms with E-state index in [4.69, 9.17) is 4.74 Å². The highest BCUT2D eigenvalue weighted by Crippen LogP contribution is 2.52. The lowest BCUT2D eigenvalue weighted by atomic mass is 10.1. The maximum atomic E-state index is 11.4. The number of hydrogen-bond acceptors (Lipinski definition) is 2. The number of rotatable bonds is 4. The van der Waals surface area contributed by atoms with Gasteiger partial charge in [0.1, 0.15) is 5.76 Å². The van der Waals surface area contributed by atoms with Gasteiger partial charge in [-0.05, 0) is 29.5 Å². The van der Waals surface area contributed by atoms with Crippen molar-refractivity contribution in [2.75, 3.05) is 0 Å². The van der Waals surface area contributed by atoms with E-state index in [9.17, 15) is 4.79 Å². The molecule has 0 saturated heterocycles. The molecule has 1 saturated carbocycles. The lowest BCUT2D eigenvalue weighted by Crippen LogP contribution is -2.01. The molecule has 0 bridgehead atoms. The Morgan fingerprint density at radius 2 is 1.67 bits per heavy atom. The minimum absolute atomic E-state index is 0.254. The molecular weight excluding hydrogens is 260 g/mol. The standard InChI is InChI=1S/C19H18O2/c1-14(20)21-19(12-15-8-4-2-5-9-15)18-13-17(18)16-10-6-3-7-11-16/h2-12,17-18H,13H2,1H3/b19-12-. The van der Waals surface area contributed by atoms with Crippen LogP contribution >= 0.6 is 0 Å². The zero-order valence-corrected chi connectivity index (χ0v) is 12.0. The minimum Gasteiger partial charge on any atom is -0.431 e. The molecule has 2 unspecified atom stereocenters. The predicted molar refractivity (Wildman–Crippen MR) is 83.5 cm³/mol. The lowest BCUT2D eigenvalue weighted by molar-refractivity contribution is -0.137. The number of allylic oxidation sites excluding steroid dienone is 1. The second kappa shape index (κ2) is 5.96. The van der Waals surface area contributed by atoms with E-state index in [1.54, 1.807) is 0 Å². The molecule has 0 aromatic heterocycles. The molecule has 106 valence electrons. The highest BCUT2D eigenvalue weighted by molar-refractivity contribution is 5.69. The van der Waals surface area contributed by atoms with Crippen molar-refractivity contribution in [3.8, 4) is 0 Å². The average Bonchev–Trinajstić information content (AvgIpc) is 3.29. The van der Waals surface area contributed by atoms with Crippen molar-refractivity contribution in [1.82, 2.24) is 0 Å². The molecule has 2 nitrogen and oxygen atoms in total. The minimum atomic E-state index is -0.254. The SMILES string of the molecule is CC(=O)O/C(=C\c1ccccc1)C1CC1c1ccccc1. The normalized spacial score (nSPS) is 20.9. The average molecular weight is 278 g/mol. The van der Waals surface area contributed by atoms with Crippen LogP contribution in [0.5, 0.6) is 0 Å². The van der Waals surface area contributed by atoms with Crippen molar-refractivity contribution >= 4 is 12.0 Å². The zero-order chi connectivity index (χ0) is 14.7. The number of benzene rings is 2. The molecule has 0 N–H and O–H groups in total. The summed E-state index contributed by atoms with van der Waals surface area (Å²) < 4.78 is 5.45. The largest absolute Gasteiger partial charge is 0.431 e. The third-order valence-electron chi connectivity index (χ3n) is 3.75. The van der Waals surface area contributed by atoms with Gasteiger partial charge in [0.05, 0.1) is 0 Å². The summed E-state index contributed by atoms with van der Waals surface area (Å²) >= 11 is 0. The van der Waals surface area contributed by atoms with Crippen LogP contribution in [0.15, 0.2) is 66.4 Å². The molecule has 1 aliphatic rings. The Kier molecular flexibility index (Phi) is 3.87. The number of carbonyl (C=O) groups excluding carboxylic acids is 1. The van der Waals surface area contributed by atoms with Crippen molar-refractivity contribution in [1.29, 1.82) is 0 Å². The van der Waals surface area contributed by atoms with Crippen molar-refractivity contribution in [2.45, 2.75) is 19.3 Å². The summed E-state index contributed by atoms with van der Waals surface area (Å²) in [6, 6.07) is 20.4. The quantitative estimate of drug-likeness (QED) is 0.612. The third-order valence-corrected chi connectivity index (χ3v) is 3.75. The first-order chi connectivity index (χ1) is 10.2. The van der Waals surface area contributed by atoms with Gasteiger partial charge in [-0.25, -0.2) is 0 Å². The van der Waals surface area contributed by atoms with Crippen molar-refractivity contribution in [3.63, 3.8) is 0 Å². The van der Waals surface area contributed by atoms with Gasteiger partial charge in [-0.3, -0.25) is 4.79 Å². The number of hydrogen-bond donors (Lipinski definition) is 0. The first kappa shape index (κ1) is 13.6. The molecule has 0 aliphatic heterocycles. The van der Waals surface area contributed by atoms with Crippen LogP contribution in [0.25, 0.3) is 6.08 Å². The maximum Gasteiger partial charge on any atom is 0.307 e. The van der Waals surface area contributed by atoms with Gasteiger partial charge < -0.3 is 4.74 Å². The third kappa shape index (κ3) is 3.40. The molecule has 2 aromatic rings. The summed E-state index contributed by atoms with van der Waals surface area (Å²) in [6.07, 6.45) is 3.02. The van der Waals surface area contributed by atoms with E-state index in [0.717, 1.165) is 17.7 Å². The van der Waals surface area contributed by atoms with Gasteiger partial charge in [-0.15, -0.1) is 0 Å². The number of esters is 1. The van der Waals surface area contributed by atoms with Crippen LogP contribution in [-0.2, 0) is 9.53 Å². The van der Waals surface area contributed by atoms with E-state index in [-0.39, 0.29) is 5.97 Å². The molecule has 0 heterocycles. The van der Waals surface area contributed by atoms with E-state index >= 15 is 0 Å². The summed E-state index contributed by atoms with van der Waals surface area (Å²) in [5, 5.41) is 0. The molecular formula is C19H18O2. The van der Waals surface area contributed by atoms with Crippen molar-refractivity contribution in [3.05, 3.63) is 77.5 Å². The monoisotopic (exact) mass is 278 g/mol. The Labute approximate surface area is 125 Å². The fourth-order valence-electron chi connectivity index (χ4n) is 2.67. The highest BCUT2D eigenvalue weighted by Gasteiger charge is 2.42. The van der Waals surface area contributed by atoms with Gasteiger partial charge >= 0.3 is 5.97 Å². The lowest BCUT2D eigenvalue weighted by Gasteiger charge is -2.07. The Morgan fingerprint density at radius 3 is 2.29 bits per heavy atom. The van der Waals surface area contributed by atoms with E-state index in [1.807, 2.05) is 42.5 Å². The molecule has 1 fully saturated rings. The summed E-state index contributed by atoms with van der Waals surface area (Å²) in [5.41, 5.74) is 2.38. The van der Waals surface area contributed by atoms with E-state index in [2.05, 4.69) is 24.3 Å². The van der Waals surface area contributed by atoms with Crippen molar-refractivity contribution in [2.24, 2.45) is 5.92 Å². The van der Waals surface area contributed by atoms with E-state index in [1.165, 1.54) is 12.5 Å². The van der Waals surface area contributed by atoms with Gasteiger partial charge in [-0.2, -0.15) is 0 Å². The summed E-state index contributed by atoms with van der Waals surface area (Å²) in [4.78, 5) is 11.4. The second-order valence-corrected chi connectivity index (χ2v) is 5.41. The number of ether oxygens (including phenoxy) is 1. The van der Waals surface area contributed by atoms with Crippen LogP contribution in [-0.4, -0.2) is 5.97 Å². The Hall–Kier alpha value is -2.35. The van der Waals surface area contributed by atoms with Crippen LogP contribution in [0.1, 0.15) is 30.4 Å². The Bertz CT molecular complexity index is 644. The van der Waals surface area contributed by atoms with Gasteiger partial charge in [0.15, 0.2) is 0 Å². The van der Waals surface area contributed by atoms with E-state index < -0.39 is 0 Å². The van der Waals surface area contributed by atoms with Crippen molar-refractivity contribution < 1.29 is 9.53 Å².